The first kappa shape index (κ1) is 21.4. The van der Waals surface area contributed by atoms with Crippen LogP contribution in [0.5, 0.6) is 5.75 Å². The summed E-state index contributed by atoms with van der Waals surface area (Å²) in [5, 5.41) is 3.04. The first-order valence-electron chi connectivity index (χ1n) is 10.7. The van der Waals surface area contributed by atoms with Crippen LogP contribution in [0, 0.1) is 0 Å². The van der Waals surface area contributed by atoms with Gasteiger partial charge in [-0.05, 0) is 38.0 Å². The van der Waals surface area contributed by atoms with E-state index in [1.807, 2.05) is 17.5 Å². The van der Waals surface area contributed by atoms with Crippen molar-refractivity contribution in [1.29, 1.82) is 0 Å². The van der Waals surface area contributed by atoms with Gasteiger partial charge in [-0.1, -0.05) is 0 Å². The molecule has 0 atom stereocenters. The van der Waals surface area contributed by atoms with Crippen molar-refractivity contribution in [3.8, 4) is 17.0 Å². The molecule has 0 unspecified atom stereocenters. The molecule has 1 aromatic carbocycles. The molecule has 2 saturated heterocycles. The molecule has 1 aromatic heterocycles. The Kier molecular flexibility index (Phi) is 6.60. The summed E-state index contributed by atoms with van der Waals surface area (Å²) in [6.45, 7) is 6.13. The van der Waals surface area contributed by atoms with Gasteiger partial charge in [-0.2, -0.15) is 0 Å². The third-order valence-electron chi connectivity index (χ3n) is 5.68. The monoisotopic (exact) mass is 444 g/mol. The highest BCUT2D eigenvalue weighted by Gasteiger charge is 2.26. The van der Waals surface area contributed by atoms with Crippen LogP contribution >= 0.6 is 11.3 Å². The first-order chi connectivity index (χ1) is 15.1. The van der Waals surface area contributed by atoms with E-state index in [0.717, 1.165) is 29.5 Å². The van der Waals surface area contributed by atoms with Crippen LogP contribution in [-0.2, 0) is 4.74 Å². The summed E-state index contributed by atoms with van der Waals surface area (Å²) in [4.78, 5) is 35.5. The van der Waals surface area contributed by atoms with Gasteiger partial charge in [0.25, 0.3) is 5.91 Å². The number of piperazine rings is 1. The number of nitrogens with zero attached hydrogens (tertiary/aromatic N) is 4. The summed E-state index contributed by atoms with van der Waals surface area (Å²) < 4.78 is 10.6. The maximum Gasteiger partial charge on any atom is 0.409 e. The predicted octanol–water partition coefficient (Wildman–Crippen LogP) is 3.33. The van der Waals surface area contributed by atoms with Gasteiger partial charge in [0.05, 0.1) is 19.4 Å². The molecule has 2 fully saturated rings. The highest BCUT2D eigenvalue weighted by Crippen LogP contribution is 2.35. The normalized spacial score (nSPS) is 16.5. The third-order valence-corrected chi connectivity index (χ3v) is 6.59. The molecule has 31 heavy (non-hydrogen) atoms. The highest BCUT2D eigenvalue weighted by atomic mass is 32.1. The second kappa shape index (κ2) is 9.55. The molecule has 2 aliphatic heterocycles. The summed E-state index contributed by atoms with van der Waals surface area (Å²) in [7, 11) is 1.63. The largest absolute Gasteiger partial charge is 0.496 e. The van der Waals surface area contributed by atoms with Crippen molar-refractivity contribution in [3.05, 3.63) is 29.1 Å². The molecule has 0 aliphatic carbocycles. The van der Waals surface area contributed by atoms with Gasteiger partial charge in [0.15, 0.2) is 5.13 Å². The summed E-state index contributed by atoms with van der Waals surface area (Å²) in [5.74, 6) is 0.643. The lowest BCUT2D eigenvalue weighted by molar-refractivity contribution is 0.0570. The maximum atomic E-state index is 13.1. The van der Waals surface area contributed by atoms with Crippen LogP contribution in [0.2, 0.25) is 0 Å². The second-order valence-corrected chi connectivity index (χ2v) is 8.44. The molecular weight excluding hydrogens is 416 g/mol. The number of hydrogen-bond donors (Lipinski definition) is 0. The lowest BCUT2D eigenvalue weighted by Gasteiger charge is -2.34. The van der Waals surface area contributed by atoms with E-state index >= 15 is 0 Å². The average Bonchev–Trinajstić information content (AvgIpc) is 3.50. The molecular formula is C22H28N4O4S. The number of carbonyl (C=O) groups is 2. The van der Waals surface area contributed by atoms with Gasteiger partial charge in [-0.15, -0.1) is 11.3 Å². The smallest absolute Gasteiger partial charge is 0.409 e. The van der Waals surface area contributed by atoms with Gasteiger partial charge >= 0.3 is 6.09 Å². The van der Waals surface area contributed by atoms with Gasteiger partial charge < -0.3 is 24.2 Å². The zero-order chi connectivity index (χ0) is 21.8. The molecule has 8 nitrogen and oxygen atoms in total. The quantitative estimate of drug-likeness (QED) is 0.704. The van der Waals surface area contributed by atoms with Crippen LogP contribution in [0.3, 0.4) is 0 Å². The number of carbonyl (C=O) groups excluding carboxylic acids is 2. The van der Waals surface area contributed by atoms with Crippen molar-refractivity contribution in [1.82, 2.24) is 14.8 Å². The number of thiazole rings is 1. The Morgan fingerprint density at radius 1 is 1.06 bits per heavy atom. The van der Waals surface area contributed by atoms with Gasteiger partial charge in [-0.3, -0.25) is 4.79 Å². The number of aromatic nitrogens is 1. The fraction of sp³-hybridized carbons (Fsp3) is 0.500. The van der Waals surface area contributed by atoms with E-state index in [-0.39, 0.29) is 12.0 Å². The van der Waals surface area contributed by atoms with Gasteiger partial charge in [0, 0.05) is 55.8 Å². The molecule has 0 spiro atoms. The predicted molar refractivity (Wildman–Crippen MR) is 120 cm³/mol. The minimum absolute atomic E-state index is 0.0533. The lowest BCUT2D eigenvalue weighted by atomic mass is 10.1. The molecule has 3 heterocycles. The van der Waals surface area contributed by atoms with Crippen LogP contribution in [0.1, 0.15) is 30.1 Å². The SMILES string of the molecule is CCOC(=O)N1CCN(C(=O)c2ccc(OC)c(-c3csc(N4CCCC4)n3)c2)CC1. The van der Waals surface area contributed by atoms with E-state index in [1.165, 1.54) is 12.8 Å². The molecule has 4 rings (SSSR count). The Morgan fingerprint density at radius 2 is 1.77 bits per heavy atom. The Hall–Kier alpha value is -2.81. The van der Waals surface area contributed by atoms with E-state index in [2.05, 4.69) is 4.90 Å². The zero-order valence-corrected chi connectivity index (χ0v) is 18.8. The summed E-state index contributed by atoms with van der Waals surface area (Å²) in [6, 6.07) is 5.48. The summed E-state index contributed by atoms with van der Waals surface area (Å²) in [6.07, 6.45) is 2.08. The van der Waals surface area contributed by atoms with Gasteiger partial charge in [0.2, 0.25) is 0 Å². The minimum atomic E-state index is -0.321. The van der Waals surface area contributed by atoms with E-state index in [0.29, 0.717) is 44.1 Å². The number of rotatable bonds is 5. The molecule has 2 aliphatic rings. The number of anilines is 1. The van der Waals surface area contributed by atoms with Crippen LogP contribution < -0.4 is 9.64 Å². The topological polar surface area (TPSA) is 75.2 Å². The highest BCUT2D eigenvalue weighted by molar-refractivity contribution is 7.14. The second-order valence-electron chi connectivity index (χ2n) is 7.60. The van der Waals surface area contributed by atoms with Crippen molar-refractivity contribution >= 4 is 28.5 Å². The van der Waals surface area contributed by atoms with Crippen molar-refractivity contribution < 1.29 is 19.1 Å². The Morgan fingerprint density at radius 3 is 2.45 bits per heavy atom. The van der Waals surface area contributed by atoms with Crippen molar-refractivity contribution in [2.45, 2.75) is 19.8 Å². The number of amides is 2. The number of ether oxygens (including phenoxy) is 2. The first-order valence-corrected chi connectivity index (χ1v) is 11.6. The molecule has 2 amide bonds. The molecule has 2 aromatic rings. The summed E-state index contributed by atoms with van der Waals surface area (Å²) in [5.41, 5.74) is 2.24. The number of hydrogen-bond acceptors (Lipinski definition) is 7. The van der Waals surface area contributed by atoms with E-state index in [1.54, 1.807) is 41.2 Å². The van der Waals surface area contributed by atoms with Gasteiger partial charge in [-0.25, -0.2) is 9.78 Å². The Bertz CT molecular complexity index is 933. The maximum absolute atomic E-state index is 13.1. The molecule has 166 valence electrons. The minimum Gasteiger partial charge on any atom is -0.496 e. The lowest BCUT2D eigenvalue weighted by Crippen LogP contribution is -2.50. The Labute approximate surface area is 186 Å². The van der Waals surface area contributed by atoms with E-state index in [4.69, 9.17) is 14.5 Å². The van der Waals surface area contributed by atoms with Crippen molar-refractivity contribution in [2.24, 2.45) is 0 Å². The van der Waals surface area contributed by atoms with Crippen molar-refractivity contribution in [3.63, 3.8) is 0 Å². The molecule has 9 heteroatoms. The molecule has 0 bridgehead atoms. The molecule has 0 N–H and O–H groups in total. The fourth-order valence-corrected chi connectivity index (χ4v) is 4.85. The zero-order valence-electron chi connectivity index (χ0n) is 18.0. The molecule has 0 radical (unpaired) electrons. The van der Waals surface area contributed by atoms with E-state index < -0.39 is 0 Å². The molecule has 0 saturated carbocycles. The van der Waals surface area contributed by atoms with Crippen LogP contribution in [0.25, 0.3) is 11.3 Å². The summed E-state index contributed by atoms with van der Waals surface area (Å²) >= 11 is 1.62. The third kappa shape index (κ3) is 4.61. The van der Waals surface area contributed by atoms with Crippen molar-refractivity contribution in [2.75, 3.05) is 57.9 Å². The van der Waals surface area contributed by atoms with Gasteiger partial charge in [0.1, 0.15) is 5.75 Å². The number of methoxy groups -OCH3 is 1. The van der Waals surface area contributed by atoms with Crippen LogP contribution in [0.4, 0.5) is 9.93 Å². The average molecular weight is 445 g/mol. The van der Waals surface area contributed by atoms with Crippen LogP contribution in [-0.4, -0.2) is 79.8 Å². The standard InChI is InChI=1S/C22H28N4O4S/c1-3-30-22(28)26-12-10-24(11-13-26)20(27)16-6-7-19(29-2)17(14-16)18-15-31-21(23-18)25-8-4-5-9-25/h6-7,14-15H,3-5,8-13H2,1-2H3. The Balaban J connectivity index is 1.50. The number of benzene rings is 1. The fourth-order valence-electron chi connectivity index (χ4n) is 3.97. The van der Waals surface area contributed by atoms with Crippen LogP contribution in [0.15, 0.2) is 23.6 Å². The van der Waals surface area contributed by atoms with E-state index in [9.17, 15) is 9.59 Å².